The Bertz CT molecular complexity index is 371. The molecule has 0 aromatic heterocycles. The molecule has 0 heterocycles. The molecule has 1 aromatic carbocycles. The summed E-state index contributed by atoms with van der Waals surface area (Å²) in [4.78, 5) is 11.0. The maximum atomic E-state index is 13.1. The number of ketones is 1. The van der Waals surface area contributed by atoms with Crippen LogP contribution in [0.3, 0.4) is 0 Å². The highest BCUT2D eigenvalue weighted by molar-refractivity contribution is 5.83. The highest BCUT2D eigenvalue weighted by Gasteiger charge is 2.21. The molecule has 68 valence electrons. The van der Waals surface area contributed by atoms with Crippen molar-refractivity contribution in [1.82, 2.24) is 0 Å². The molecule has 1 aliphatic carbocycles. The minimum Gasteiger partial charge on any atom is -0.299 e. The second-order valence-electron chi connectivity index (χ2n) is 3.20. The van der Waals surface area contributed by atoms with Crippen LogP contribution in [0, 0.1) is 11.6 Å². The summed E-state index contributed by atoms with van der Waals surface area (Å²) in [6, 6.07) is 2.19. The molecule has 0 unspecified atom stereocenters. The van der Waals surface area contributed by atoms with E-state index in [-0.39, 0.29) is 17.8 Å². The van der Waals surface area contributed by atoms with Crippen LogP contribution in [0.4, 0.5) is 8.78 Å². The SMILES string of the molecule is O=C1CCc2c(F)ccc(F)c2C1. The van der Waals surface area contributed by atoms with Gasteiger partial charge in [0.2, 0.25) is 0 Å². The Kier molecular flexibility index (Phi) is 1.87. The molecule has 0 atom stereocenters. The number of carbonyl (C=O) groups is 1. The van der Waals surface area contributed by atoms with Gasteiger partial charge in [-0.2, -0.15) is 0 Å². The van der Waals surface area contributed by atoms with Crippen molar-refractivity contribution in [2.24, 2.45) is 0 Å². The van der Waals surface area contributed by atoms with Gasteiger partial charge < -0.3 is 0 Å². The molecule has 13 heavy (non-hydrogen) atoms. The molecule has 2 rings (SSSR count). The van der Waals surface area contributed by atoms with Gasteiger partial charge in [0.05, 0.1) is 0 Å². The van der Waals surface area contributed by atoms with Gasteiger partial charge in [-0.1, -0.05) is 0 Å². The van der Waals surface area contributed by atoms with Crippen LogP contribution in [0.5, 0.6) is 0 Å². The average molecular weight is 182 g/mol. The first-order chi connectivity index (χ1) is 6.18. The summed E-state index contributed by atoms with van der Waals surface area (Å²) in [6.07, 6.45) is 0.698. The standard InChI is InChI=1S/C10H8F2O/c11-9-3-4-10(12)8-5-6(13)1-2-7(8)9/h3-4H,1-2,5H2. The van der Waals surface area contributed by atoms with Crippen molar-refractivity contribution in [3.8, 4) is 0 Å². The highest BCUT2D eigenvalue weighted by Crippen LogP contribution is 2.24. The average Bonchev–Trinajstić information content (AvgIpc) is 2.12. The minimum absolute atomic E-state index is 0.0167. The minimum atomic E-state index is -0.468. The molecule has 1 aliphatic rings. The van der Waals surface area contributed by atoms with Gasteiger partial charge in [0, 0.05) is 18.4 Å². The molecule has 1 aromatic rings. The van der Waals surface area contributed by atoms with Gasteiger partial charge in [0.15, 0.2) is 0 Å². The number of halogens is 2. The molecule has 3 heteroatoms. The van der Waals surface area contributed by atoms with Crippen LogP contribution in [0.1, 0.15) is 17.5 Å². The highest BCUT2D eigenvalue weighted by atomic mass is 19.1. The lowest BCUT2D eigenvalue weighted by Gasteiger charge is -2.15. The summed E-state index contributed by atoms with van der Waals surface area (Å²) in [5.74, 6) is -0.884. The molecule has 0 amide bonds. The van der Waals surface area contributed by atoms with E-state index < -0.39 is 11.6 Å². The van der Waals surface area contributed by atoms with Crippen molar-refractivity contribution in [1.29, 1.82) is 0 Å². The molecule has 0 aliphatic heterocycles. The Hall–Kier alpha value is -1.25. The van der Waals surface area contributed by atoms with E-state index in [9.17, 15) is 13.6 Å². The Labute approximate surface area is 74.4 Å². The van der Waals surface area contributed by atoms with Gasteiger partial charge in [-0.3, -0.25) is 4.79 Å². The van der Waals surface area contributed by atoms with Crippen LogP contribution in [0.2, 0.25) is 0 Å². The van der Waals surface area contributed by atoms with E-state index in [2.05, 4.69) is 0 Å². The summed E-state index contributed by atoms with van der Waals surface area (Å²) in [6.45, 7) is 0. The lowest BCUT2D eigenvalue weighted by molar-refractivity contribution is -0.118. The van der Waals surface area contributed by atoms with Crippen molar-refractivity contribution >= 4 is 5.78 Å². The molecule has 0 bridgehead atoms. The van der Waals surface area contributed by atoms with Gasteiger partial charge >= 0.3 is 0 Å². The van der Waals surface area contributed by atoms with Crippen LogP contribution >= 0.6 is 0 Å². The number of fused-ring (bicyclic) bond motifs is 1. The Morgan fingerprint density at radius 2 is 1.62 bits per heavy atom. The maximum Gasteiger partial charge on any atom is 0.137 e. The first kappa shape index (κ1) is 8.35. The number of Topliss-reactive ketones (excluding diaryl/α,β-unsaturated/α-hetero) is 1. The fourth-order valence-corrected chi connectivity index (χ4v) is 1.65. The van der Waals surface area contributed by atoms with Crippen LogP contribution < -0.4 is 0 Å². The van der Waals surface area contributed by atoms with Crippen LogP contribution in [0.15, 0.2) is 12.1 Å². The first-order valence-corrected chi connectivity index (χ1v) is 4.16. The van der Waals surface area contributed by atoms with Gasteiger partial charge in [-0.05, 0) is 24.1 Å². The molecule has 0 spiro atoms. The molecular weight excluding hydrogens is 174 g/mol. The molecule has 0 N–H and O–H groups in total. The number of hydrogen-bond acceptors (Lipinski definition) is 1. The predicted molar refractivity (Wildman–Crippen MR) is 43.4 cm³/mol. The van der Waals surface area contributed by atoms with Crippen molar-refractivity contribution in [2.45, 2.75) is 19.3 Å². The fourth-order valence-electron chi connectivity index (χ4n) is 1.65. The molecule has 0 saturated carbocycles. The maximum absolute atomic E-state index is 13.1. The molecule has 0 fully saturated rings. The van der Waals surface area contributed by atoms with E-state index >= 15 is 0 Å². The van der Waals surface area contributed by atoms with Crippen molar-refractivity contribution < 1.29 is 13.6 Å². The van der Waals surface area contributed by atoms with Crippen LogP contribution in [-0.2, 0) is 17.6 Å². The van der Waals surface area contributed by atoms with E-state index in [4.69, 9.17) is 0 Å². The summed E-state index contributed by atoms with van der Waals surface area (Å²) in [7, 11) is 0. The second kappa shape index (κ2) is 2.91. The topological polar surface area (TPSA) is 17.1 Å². The Morgan fingerprint density at radius 1 is 1.00 bits per heavy atom. The number of rotatable bonds is 0. The molecule has 1 nitrogen and oxygen atoms in total. The van der Waals surface area contributed by atoms with E-state index in [0.717, 1.165) is 12.1 Å². The Balaban J connectivity index is 2.57. The zero-order valence-corrected chi connectivity index (χ0v) is 6.94. The first-order valence-electron chi connectivity index (χ1n) is 4.16. The van der Waals surface area contributed by atoms with Crippen LogP contribution in [-0.4, -0.2) is 5.78 Å². The van der Waals surface area contributed by atoms with E-state index in [1.54, 1.807) is 0 Å². The summed E-state index contributed by atoms with van der Waals surface area (Å²) in [5.41, 5.74) is 0.621. The monoisotopic (exact) mass is 182 g/mol. The Morgan fingerprint density at radius 3 is 2.31 bits per heavy atom. The number of hydrogen-bond donors (Lipinski definition) is 0. The number of carbonyl (C=O) groups excluding carboxylic acids is 1. The third-order valence-electron chi connectivity index (χ3n) is 2.34. The molecule has 0 radical (unpaired) electrons. The normalized spacial score (nSPS) is 15.7. The third-order valence-corrected chi connectivity index (χ3v) is 2.34. The second-order valence-corrected chi connectivity index (χ2v) is 3.20. The summed E-state index contributed by atoms with van der Waals surface area (Å²) < 4.78 is 26.2. The largest absolute Gasteiger partial charge is 0.299 e. The number of benzene rings is 1. The lowest BCUT2D eigenvalue weighted by atomic mass is 9.90. The smallest absolute Gasteiger partial charge is 0.137 e. The van der Waals surface area contributed by atoms with Crippen molar-refractivity contribution in [3.63, 3.8) is 0 Å². The lowest BCUT2D eigenvalue weighted by Crippen LogP contribution is -2.16. The van der Waals surface area contributed by atoms with Gasteiger partial charge in [-0.15, -0.1) is 0 Å². The molecule has 0 saturated heterocycles. The fraction of sp³-hybridized carbons (Fsp3) is 0.300. The van der Waals surface area contributed by atoms with E-state index in [1.807, 2.05) is 0 Å². The van der Waals surface area contributed by atoms with Gasteiger partial charge in [-0.25, -0.2) is 8.78 Å². The summed E-state index contributed by atoms with van der Waals surface area (Å²) in [5, 5.41) is 0. The summed E-state index contributed by atoms with van der Waals surface area (Å²) >= 11 is 0. The van der Waals surface area contributed by atoms with Crippen molar-refractivity contribution in [3.05, 3.63) is 34.9 Å². The zero-order chi connectivity index (χ0) is 9.42. The van der Waals surface area contributed by atoms with E-state index in [0.29, 0.717) is 18.4 Å². The molecular formula is C10H8F2O. The van der Waals surface area contributed by atoms with Crippen molar-refractivity contribution in [2.75, 3.05) is 0 Å². The van der Waals surface area contributed by atoms with Gasteiger partial charge in [0.25, 0.3) is 0 Å². The zero-order valence-electron chi connectivity index (χ0n) is 6.94. The predicted octanol–water partition coefficient (Wildman–Crippen LogP) is 2.02. The van der Waals surface area contributed by atoms with Gasteiger partial charge in [0.1, 0.15) is 17.4 Å². The van der Waals surface area contributed by atoms with E-state index in [1.165, 1.54) is 0 Å². The third kappa shape index (κ3) is 1.34. The van der Waals surface area contributed by atoms with Crippen LogP contribution in [0.25, 0.3) is 0 Å². The quantitative estimate of drug-likeness (QED) is 0.600.